The minimum absolute atomic E-state index is 0.0357. The lowest BCUT2D eigenvalue weighted by Gasteiger charge is -2.15. The summed E-state index contributed by atoms with van der Waals surface area (Å²) in [5.41, 5.74) is 6.04. The van der Waals surface area contributed by atoms with Crippen LogP contribution in [0.2, 0.25) is 0 Å². The average Bonchev–Trinajstić information content (AvgIpc) is 3.32. The summed E-state index contributed by atoms with van der Waals surface area (Å²) in [6, 6.07) is 9.57. The molecular formula is C17H20N2O4S. The topological polar surface area (TPSA) is 102 Å². The molecule has 0 aliphatic heterocycles. The molecule has 3 rings (SSSR count). The third-order valence-corrected chi connectivity index (χ3v) is 5.84. The first kappa shape index (κ1) is 16.7. The smallest absolute Gasteiger partial charge is 0.287 e. The molecule has 24 heavy (non-hydrogen) atoms. The van der Waals surface area contributed by atoms with E-state index in [-0.39, 0.29) is 22.5 Å². The van der Waals surface area contributed by atoms with Crippen molar-refractivity contribution in [3.05, 3.63) is 54.0 Å². The van der Waals surface area contributed by atoms with Crippen LogP contribution in [-0.4, -0.2) is 26.9 Å². The highest BCUT2D eigenvalue weighted by atomic mass is 32.2. The number of rotatable bonds is 7. The molecule has 1 atom stereocenters. The lowest BCUT2D eigenvalue weighted by molar-refractivity contribution is 0.0904. The van der Waals surface area contributed by atoms with Crippen LogP contribution in [0.4, 0.5) is 0 Å². The van der Waals surface area contributed by atoms with Gasteiger partial charge in [0.1, 0.15) is 0 Å². The van der Waals surface area contributed by atoms with Crippen molar-refractivity contribution in [1.29, 1.82) is 0 Å². The summed E-state index contributed by atoms with van der Waals surface area (Å²) in [6.45, 7) is 0.356. The highest BCUT2D eigenvalue weighted by Crippen LogP contribution is 2.32. The van der Waals surface area contributed by atoms with E-state index in [1.54, 1.807) is 18.2 Å². The van der Waals surface area contributed by atoms with Crippen LogP contribution in [0.5, 0.6) is 0 Å². The molecule has 1 heterocycles. The van der Waals surface area contributed by atoms with E-state index in [2.05, 4.69) is 5.32 Å². The number of furan rings is 1. The van der Waals surface area contributed by atoms with Gasteiger partial charge in [0.05, 0.1) is 16.9 Å². The molecule has 7 heteroatoms. The van der Waals surface area contributed by atoms with Gasteiger partial charge < -0.3 is 15.5 Å². The third kappa shape index (κ3) is 3.68. The van der Waals surface area contributed by atoms with Gasteiger partial charge in [-0.1, -0.05) is 18.2 Å². The minimum atomic E-state index is -3.54. The van der Waals surface area contributed by atoms with Crippen molar-refractivity contribution in [3.8, 4) is 0 Å². The van der Waals surface area contributed by atoms with Crippen molar-refractivity contribution in [2.75, 3.05) is 6.54 Å². The number of nitrogens with two attached hydrogens (primary N) is 1. The van der Waals surface area contributed by atoms with Crippen LogP contribution >= 0.6 is 0 Å². The summed E-state index contributed by atoms with van der Waals surface area (Å²) >= 11 is 0. The molecule has 1 aromatic carbocycles. The van der Waals surface area contributed by atoms with Crippen molar-refractivity contribution in [1.82, 2.24) is 5.32 Å². The van der Waals surface area contributed by atoms with Crippen LogP contribution in [0.15, 0.2) is 52.0 Å². The Balaban J connectivity index is 1.76. The predicted molar refractivity (Wildman–Crippen MR) is 89.1 cm³/mol. The van der Waals surface area contributed by atoms with E-state index < -0.39 is 15.7 Å². The molecule has 2 aromatic rings. The Labute approximate surface area is 141 Å². The minimum Gasteiger partial charge on any atom is -0.459 e. The van der Waals surface area contributed by atoms with Gasteiger partial charge >= 0.3 is 0 Å². The number of hydrogen-bond donors (Lipinski definition) is 2. The normalized spacial score (nSPS) is 15.9. The quantitative estimate of drug-likeness (QED) is 0.793. The number of carbonyl (C=O) groups excluding carboxylic acids is 1. The van der Waals surface area contributed by atoms with Gasteiger partial charge in [0, 0.05) is 18.2 Å². The van der Waals surface area contributed by atoms with Crippen LogP contribution in [0.25, 0.3) is 0 Å². The highest BCUT2D eigenvalue weighted by Gasteiger charge is 2.32. The molecule has 0 bridgehead atoms. The van der Waals surface area contributed by atoms with Gasteiger partial charge in [0.15, 0.2) is 15.6 Å². The summed E-state index contributed by atoms with van der Waals surface area (Å²) in [5.74, 6) is -0.257. The Bertz CT molecular complexity index is 810. The molecular weight excluding hydrogens is 328 g/mol. The van der Waals surface area contributed by atoms with Gasteiger partial charge in [-0.05, 0) is 37.0 Å². The monoisotopic (exact) mass is 348 g/mol. The number of amides is 1. The van der Waals surface area contributed by atoms with Crippen molar-refractivity contribution in [2.45, 2.75) is 29.5 Å². The Kier molecular flexibility index (Phi) is 4.73. The molecule has 0 radical (unpaired) electrons. The fourth-order valence-electron chi connectivity index (χ4n) is 2.67. The SMILES string of the molecule is NCC(NC(=O)c1occc1CS(=O)(=O)c1ccccc1)C1CC1. The van der Waals surface area contributed by atoms with Crippen LogP contribution in [0.1, 0.15) is 29.0 Å². The van der Waals surface area contributed by atoms with Crippen LogP contribution in [0.3, 0.4) is 0 Å². The highest BCUT2D eigenvalue weighted by molar-refractivity contribution is 7.90. The molecule has 1 aromatic heterocycles. The maximum absolute atomic E-state index is 12.5. The number of benzene rings is 1. The van der Waals surface area contributed by atoms with Crippen molar-refractivity contribution >= 4 is 15.7 Å². The van der Waals surface area contributed by atoms with Gasteiger partial charge in [-0.2, -0.15) is 0 Å². The van der Waals surface area contributed by atoms with E-state index in [9.17, 15) is 13.2 Å². The molecule has 0 saturated heterocycles. The first-order valence-corrected chi connectivity index (χ1v) is 9.51. The van der Waals surface area contributed by atoms with Gasteiger partial charge in [-0.25, -0.2) is 8.42 Å². The second-order valence-corrected chi connectivity index (χ2v) is 7.99. The molecule has 1 saturated carbocycles. The number of hydrogen-bond acceptors (Lipinski definition) is 5. The summed E-state index contributed by atoms with van der Waals surface area (Å²) in [5, 5.41) is 2.84. The van der Waals surface area contributed by atoms with Crippen molar-refractivity contribution in [3.63, 3.8) is 0 Å². The molecule has 1 aliphatic carbocycles. The van der Waals surface area contributed by atoms with Crippen molar-refractivity contribution in [2.24, 2.45) is 11.7 Å². The standard InChI is InChI=1S/C17H20N2O4S/c18-10-15(12-6-7-12)19-17(20)16-13(8-9-23-16)11-24(21,22)14-4-2-1-3-5-14/h1-5,8-9,12,15H,6-7,10-11,18H2,(H,19,20). The Hall–Kier alpha value is -2.12. The zero-order chi connectivity index (χ0) is 17.2. The molecule has 1 aliphatic rings. The Morgan fingerprint density at radius 2 is 1.96 bits per heavy atom. The summed E-state index contributed by atoms with van der Waals surface area (Å²) < 4.78 is 30.2. The Morgan fingerprint density at radius 3 is 2.58 bits per heavy atom. The zero-order valence-electron chi connectivity index (χ0n) is 13.1. The molecule has 128 valence electrons. The van der Waals surface area contributed by atoms with E-state index in [0.29, 0.717) is 18.0 Å². The molecule has 1 unspecified atom stereocenters. The van der Waals surface area contributed by atoms with Gasteiger partial charge in [0.25, 0.3) is 5.91 Å². The van der Waals surface area contributed by atoms with Crippen molar-refractivity contribution < 1.29 is 17.6 Å². The lowest BCUT2D eigenvalue weighted by Crippen LogP contribution is -2.41. The predicted octanol–water partition coefficient (Wildman–Crippen LogP) is 1.72. The summed E-state index contributed by atoms with van der Waals surface area (Å²) in [7, 11) is -3.54. The Morgan fingerprint density at radius 1 is 1.25 bits per heavy atom. The first-order valence-electron chi connectivity index (χ1n) is 7.86. The largest absolute Gasteiger partial charge is 0.459 e. The van der Waals surface area contributed by atoms with Gasteiger partial charge in [0.2, 0.25) is 0 Å². The van der Waals surface area contributed by atoms with E-state index in [4.69, 9.17) is 10.2 Å². The molecule has 6 nitrogen and oxygen atoms in total. The van der Waals surface area contributed by atoms with Gasteiger partial charge in [-0.3, -0.25) is 4.79 Å². The number of nitrogens with one attached hydrogen (secondary N) is 1. The average molecular weight is 348 g/mol. The zero-order valence-corrected chi connectivity index (χ0v) is 14.0. The molecule has 3 N–H and O–H groups in total. The second kappa shape index (κ2) is 6.78. The summed E-state index contributed by atoms with van der Waals surface area (Å²) in [4.78, 5) is 12.6. The third-order valence-electron chi connectivity index (χ3n) is 4.16. The first-order chi connectivity index (χ1) is 11.5. The number of sulfone groups is 1. The maximum atomic E-state index is 12.5. The van der Waals surface area contributed by atoms with E-state index in [1.807, 2.05) is 0 Å². The van der Waals surface area contributed by atoms with Crippen LogP contribution in [-0.2, 0) is 15.6 Å². The second-order valence-electron chi connectivity index (χ2n) is 6.00. The number of carbonyl (C=O) groups is 1. The molecule has 1 amide bonds. The maximum Gasteiger partial charge on any atom is 0.287 e. The fraction of sp³-hybridized carbons (Fsp3) is 0.353. The van der Waals surface area contributed by atoms with E-state index in [1.165, 1.54) is 24.5 Å². The lowest BCUT2D eigenvalue weighted by atomic mass is 10.1. The molecule has 0 spiro atoms. The fourth-order valence-corrected chi connectivity index (χ4v) is 4.04. The van der Waals surface area contributed by atoms with E-state index >= 15 is 0 Å². The van der Waals surface area contributed by atoms with Crippen LogP contribution < -0.4 is 11.1 Å². The molecule has 1 fully saturated rings. The summed E-state index contributed by atoms with van der Waals surface area (Å²) in [6.07, 6.45) is 3.43. The van der Waals surface area contributed by atoms with Crippen LogP contribution in [0, 0.1) is 5.92 Å². The van der Waals surface area contributed by atoms with Gasteiger partial charge in [-0.15, -0.1) is 0 Å². The van der Waals surface area contributed by atoms with E-state index in [0.717, 1.165) is 12.8 Å².